The van der Waals surface area contributed by atoms with E-state index in [-0.39, 0.29) is 0 Å². The summed E-state index contributed by atoms with van der Waals surface area (Å²) >= 11 is 12.2. The zero-order chi connectivity index (χ0) is 41.5. The Balaban J connectivity index is 1.07. The number of thiophene rings is 6. The van der Waals surface area contributed by atoms with Gasteiger partial charge in [0.2, 0.25) is 0 Å². The minimum atomic E-state index is 0.843. The first-order chi connectivity index (χ1) is 29.6. The van der Waals surface area contributed by atoms with Gasteiger partial charge in [0.05, 0.1) is 0 Å². The van der Waals surface area contributed by atoms with Crippen LogP contribution >= 0.6 is 68.0 Å². The molecule has 2 atom stereocenters. The summed E-state index contributed by atoms with van der Waals surface area (Å²) < 4.78 is 8.92. The van der Waals surface area contributed by atoms with Crippen molar-refractivity contribution in [2.45, 2.75) is 195 Å². The predicted molar refractivity (Wildman–Crippen MR) is 282 cm³/mol. The van der Waals surface area contributed by atoms with E-state index in [1.54, 1.807) is 9.75 Å². The van der Waals surface area contributed by atoms with Gasteiger partial charge in [0, 0.05) is 69.6 Å². The van der Waals surface area contributed by atoms with Gasteiger partial charge in [-0.3, -0.25) is 0 Å². The number of benzene rings is 1. The van der Waals surface area contributed by atoms with Crippen molar-refractivity contribution in [3.05, 3.63) is 56.9 Å². The molecule has 6 aromatic heterocycles. The Labute approximate surface area is 388 Å². The lowest BCUT2D eigenvalue weighted by molar-refractivity contribution is 0.404. The highest BCUT2D eigenvalue weighted by Crippen LogP contribution is 2.52. The van der Waals surface area contributed by atoms with Gasteiger partial charge in [-0.2, -0.15) is 0 Å². The maximum atomic E-state index is 2.58. The number of unbranched alkanes of at least 4 members (excludes halogenated alkanes) is 16. The second-order valence-corrected chi connectivity index (χ2v) is 24.5. The van der Waals surface area contributed by atoms with Crippen molar-refractivity contribution in [2.24, 2.45) is 11.8 Å². The molecule has 0 radical (unpaired) electrons. The van der Waals surface area contributed by atoms with Crippen LogP contribution in [0.15, 0.2) is 47.2 Å². The highest BCUT2D eigenvalue weighted by molar-refractivity contribution is 7.31. The summed E-state index contributed by atoms with van der Waals surface area (Å²) in [6, 6.07) is 15.1. The van der Waals surface area contributed by atoms with E-state index < -0.39 is 0 Å². The van der Waals surface area contributed by atoms with Gasteiger partial charge in [-0.05, 0) is 71.8 Å². The second kappa shape index (κ2) is 24.5. The van der Waals surface area contributed by atoms with Crippen molar-refractivity contribution in [1.29, 1.82) is 0 Å². The van der Waals surface area contributed by atoms with Crippen LogP contribution in [0.3, 0.4) is 0 Å². The zero-order valence-electron chi connectivity index (χ0n) is 37.6. The third kappa shape index (κ3) is 12.4. The Hall–Kier alpha value is -1.54. The summed E-state index contributed by atoms with van der Waals surface area (Å²) in [5.41, 5.74) is 2.95. The molecule has 0 amide bonds. The molecule has 7 aromatic rings. The second-order valence-electron chi connectivity index (χ2n) is 18.1. The first-order valence-electron chi connectivity index (χ1n) is 24.6. The average molecular weight is 916 g/mol. The molecule has 0 saturated heterocycles. The van der Waals surface area contributed by atoms with Crippen LogP contribution < -0.4 is 0 Å². The lowest BCUT2D eigenvalue weighted by Gasteiger charge is -2.16. The van der Waals surface area contributed by atoms with Crippen molar-refractivity contribution in [1.82, 2.24) is 0 Å². The molecule has 0 aliphatic heterocycles. The molecular formula is C54H74S6. The van der Waals surface area contributed by atoms with Crippen molar-refractivity contribution in [3.8, 4) is 20.9 Å². The standard InChI is InChI=1S/C54H74S6/c1-5-9-13-17-19-23-27-39(25-21-15-11-7-3)33-41-35-45-47(57-41)37-49(59-45)51-43-29-31-56-54(43)52(44-30-32-55-53(44)51)50-38-48-46(60-50)36-42(58-48)34-40(26-22-16-12-8-4)28-24-20-18-14-10-6-2/h29-32,35-40H,5-28,33-34H2,1-4H3. The molecule has 2 unspecified atom stereocenters. The number of rotatable bonds is 30. The van der Waals surface area contributed by atoms with Crippen molar-refractivity contribution in [2.75, 3.05) is 0 Å². The van der Waals surface area contributed by atoms with E-state index in [4.69, 9.17) is 0 Å². The fraction of sp³-hybridized carbons (Fsp3) is 0.593. The average Bonchev–Trinajstić information content (AvgIpc) is 4.11. The summed E-state index contributed by atoms with van der Waals surface area (Å²) in [5.74, 6) is 1.69. The summed E-state index contributed by atoms with van der Waals surface area (Å²) in [7, 11) is 0. The molecule has 7 rings (SSSR count). The highest BCUT2D eigenvalue weighted by Gasteiger charge is 2.23. The molecule has 0 saturated carbocycles. The molecule has 1 aromatic carbocycles. The van der Waals surface area contributed by atoms with Gasteiger partial charge in [0.15, 0.2) is 0 Å². The smallest absolute Gasteiger partial charge is 0.0460 e. The molecule has 326 valence electrons. The van der Waals surface area contributed by atoms with E-state index in [0.29, 0.717) is 0 Å². The van der Waals surface area contributed by atoms with E-state index in [1.165, 1.54) is 227 Å². The fourth-order valence-corrected chi connectivity index (χ4v) is 17.0. The lowest BCUT2D eigenvalue weighted by Crippen LogP contribution is -2.04. The van der Waals surface area contributed by atoms with Crippen LogP contribution in [0.25, 0.3) is 59.9 Å². The van der Waals surface area contributed by atoms with Gasteiger partial charge in [0.25, 0.3) is 0 Å². The fourth-order valence-electron chi connectivity index (χ4n) is 9.76. The highest BCUT2D eigenvalue weighted by atomic mass is 32.1. The van der Waals surface area contributed by atoms with Gasteiger partial charge < -0.3 is 0 Å². The van der Waals surface area contributed by atoms with E-state index in [0.717, 1.165) is 11.8 Å². The maximum absolute atomic E-state index is 2.58. The molecule has 6 heterocycles. The van der Waals surface area contributed by atoms with Crippen LogP contribution in [-0.2, 0) is 12.8 Å². The number of fused-ring (bicyclic) bond motifs is 4. The Bertz CT molecular complexity index is 2010. The molecule has 0 nitrogen and oxygen atoms in total. The first kappa shape index (κ1) is 46.5. The Morgan fingerprint density at radius 3 is 1.08 bits per heavy atom. The van der Waals surface area contributed by atoms with Crippen LogP contribution in [0.4, 0.5) is 0 Å². The molecule has 0 fully saturated rings. The van der Waals surface area contributed by atoms with Crippen molar-refractivity contribution >= 4 is 107 Å². The van der Waals surface area contributed by atoms with Gasteiger partial charge in [0.1, 0.15) is 0 Å². The normalized spacial score (nSPS) is 13.3. The number of hydrogen-bond acceptors (Lipinski definition) is 6. The monoisotopic (exact) mass is 914 g/mol. The van der Waals surface area contributed by atoms with Crippen molar-refractivity contribution in [3.63, 3.8) is 0 Å². The van der Waals surface area contributed by atoms with E-state index >= 15 is 0 Å². The molecule has 0 aliphatic carbocycles. The molecule has 0 N–H and O–H groups in total. The quantitative estimate of drug-likeness (QED) is 0.0394. The van der Waals surface area contributed by atoms with Crippen LogP contribution in [0.5, 0.6) is 0 Å². The summed E-state index contributed by atoms with van der Waals surface area (Å²) in [6.45, 7) is 9.33. The first-order valence-corrected chi connectivity index (χ1v) is 29.6. The van der Waals surface area contributed by atoms with Gasteiger partial charge >= 0.3 is 0 Å². The summed E-state index contributed by atoms with van der Waals surface area (Å²) in [4.78, 5) is 6.14. The number of hydrogen-bond donors (Lipinski definition) is 0. The Morgan fingerprint density at radius 2 is 0.717 bits per heavy atom. The third-order valence-corrected chi connectivity index (χ3v) is 19.7. The van der Waals surface area contributed by atoms with E-state index in [1.807, 2.05) is 45.3 Å². The zero-order valence-corrected chi connectivity index (χ0v) is 42.5. The third-order valence-electron chi connectivity index (χ3n) is 13.2. The molecule has 6 heteroatoms. The van der Waals surface area contributed by atoms with Crippen molar-refractivity contribution < 1.29 is 0 Å². The van der Waals surface area contributed by atoms with Gasteiger partial charge in [-0.15, -0.1) is 68.0 Å². The largest absolute Gasteiger partial charge is 0.143 e. The lowest BCUT2D eigenvalue weighted by atomic mass is 9.91. The molecular weight excluding hydrogens is 841 g/mol. The summed E-state index contributed by atoms with van der Waals surface area (Å²) in [5, 5.41) is 7.59. The molecule has 0 aliphatic rings. The van der Waals surface area contributed by atoms with E-state index in [2.05, 4.69) is 97.5 Å². The van der Waals surface area contributed by atoms with Gasteiger partial charge in [-0.25, -0.2) is 0 Å². The van der Waals surface area contributed by atoms with E-state index in [9.17, 15) is 0 Å². The molecule has 0 bridgehead atoms. The maximum Gasteiger partial charge on any atom is 0.0460 e. The minimum Gasteiger partial charge on any atom is -0.143 e. The summed E-state index contributed by atoms with van der Waals surface area (Å²) in [6.07, 6.45) is 36.1. The van der Waals surface area contributed by atoms with Crippen LogP contribution in [0.2, 0.25) is 0 Å². The Morgan fingerprint density at radius 1 is 0.383 bits per heavy atom. The minimum absolute atomic E-state index is 0.843. The topological polar surface area (TPSA) is 0 Å². The van der Waals surface area contributed by atoms with Crippen LogP contribution in [0.1, 0.15) is 192 Å². The SMILES string of the molecule is CCCCCCCCC(CCCCCC)Cc1cc2sc(-c3c4ccsc4c(-c4cc5sc(CC(CCCCCC)CCCCCCCC)cc5s4)c4ccsc34)cc2s1. The molecule has 0 spiro atoms. The Kier molecular flexibility index (Phi) is 19.0. The van der Waals surface area contributed by atoms with Gasteiger partial charge in [-0.1, -0.05) is 182 Å². The predicted octanol–water partition coefficient (Wildman–Crippen LogP) is 21.8. The van der Waals surface area contributed by atoms with Crippen LogP contribution in [0, 0.1) is 11.8 Å². The van der Waals surface area contributed by atoms with Crippen LogP contribution in [-0.4, -0.2) is 0 Å². The molecule has 60 heavy (non-hydrogen) atoms.